The summed E-state index contributed by atoms with van der Waals surface area (Å²) in [6.07, 6.45) is 1.23. The summed E-state index contributed by atoms with van der Waals surface area (Å²) in [6.45, 7) is 4.21. The number of sulfonamides is 1. The molecule has 1 aromatic carbocycles. The first-order valence-electron chi connectivity index (χ1n) is 4.60. The van der Waals surface area contributed by atoms with Crippen LogP contribution in [0.1, 0.15) is 12.5 Å². The Morgan fingerprint density at radius 1 is 1.40 bits per heavy atom. The molecule has 0 bridgehead atoms. The van der Waals surface area contributed by atoms with Gasteiger partial charge in [0.2, 0.25) is 10.0 Å². The van der Waals surface area contributed by atoms with Crippen molar-refractivity contribution in [3.63, 3.8) is 0 Å². The quantitative estimate of drug-likeness (QED) is 0.793. The summed E-state index contributed by atoms with van der Waals surface area (Å²) in [5.74, 6) is 0. The summed E-state index contributed by atoms with van der Waals surface area (Å²) >= 11 is 2.21. The Morgan fingerprint density at radius 3 is 2.40 bits per heavy atom. The number of halogens is 1. The Kier molecular flexibility index (Phi) is 3.99. The van der Waals surface area contributed by atoms with Crippen molar-refractivity contribution in [2.24, 2.45) is 0 Å². The molecule has 0 spiro atoms. The number of hydrogen-bond donors (Lipinski definition) is 0. The molecule has 0 aliphatic rings. The van der Waals surface area contributed by atoms with Gasteiger partial charge in [-0.1, -0.05) is 0 Å². The lowest BCUT2D eigenvalue weighted by Gasteiger charge is -2.22. The fourth-order valence-electron chi connectivity index (χ4n) is 1.48. The standard InChI is InChI=1S/C10H14INO2S/c1-4-12(15(3,13)14)10-6-5-9(11)7-8(10)2/h5-7H,4H2,1-3H3. The van der Waals surface area contributed by atoms with E-state index in [9.17, 15) is 8.42 Å². The van der Waals surface area contributed by atoms with Gasteiger partial charge in [-0.2, -0.15) is 0 Å². The lowest BCUT2D eigenvalue weighted by atomic mass is 10.2. The molecule has 0 unspecified atom stereocenters. The predicted octanol–water partition coefficient (Wildman–Crippen LogP) is 2.39. The Hall–Kier alpha value is -0.300. The number of rotatable bonds is 3. The monoisotopic (exact) mass is 339 g/mol. The molecule has 1 aromatic rings. The second kappa shape index (κ2) is 4.69. The van der Waals surface area contributed by atoms with Crippen molar-refractivity contribution in [2.75, 3.05) is 17.1 Å². The van der Waals surface area contributed by atoms with Gasteiger partial charge in [0, 0.05) is 10.1 Å². The Morgan fingerprint density at radius 2 is 2.00 bits per heavy atom. The number of nitrogens with zero attached hydrogens (tertiary/aromatic N) is 1. The first kappa shape index (κ1) is 12.8. The highest BCUT2D eigenvalue weighted by Crippen LogP contribution is 2.23. The molecule has 0 heterocycles. The summed E-state index contributed by atoms with van der Waals surface area (Å²) in [6, 6.07) is 5.74. The number of hydrogen-bond acceptors (Lipinski definition) is 2. The molecule has 0 N–H and O–H groups in total. The lowest BCUT2D eigenvalue weighted by Crippen LogP contribution is -2.30. The third kappa shape index (κ3) is 3.07. The lowest BCUT2D eigenvalue weighted by molar-refractivity contribution is 0.597. The van der Waals surface area contributed by atoms with Crippen LogP contribution in [0.25, 0.3) is 0 Å². The summed E-state index contributed by atoms with van der Waals surface area (Å²) in [7, 11) is -3.17. The fourth-order valence-corrected chi connectivity index (χ4v) is 3.16. The maximum atomic E-state index is 11.5. The van der Waals surface area contributed by atoms with Crippen LogP contribution in [-0.2, 0) is 10.0 Å². The van der Waals surface area contributed by atoms with Crippen molar-refractivity contribution in [3.05, 3.63) is 27.3 Å². The number of benzene rings is 1. The first-order chi connectivity index (χ1) is 6.86. The van der Waals surface area contributed by atoms with E-state index in [0.29, 0.717) is 6.54 Å². The molecular weight excluding hydrogens is 325 g/mol. The van der Waals surface area contributed by atoms with Crippen LogP contribution in [0.3, 0.4) is 0 Å². The summed E-state index contributed by atoms with van der Waals surface area (Å²) in [5, 5.41) is 0. The zero-order valence-electron chi connectivity index (χ0n) is 8.99. The molecule has 0 aromatic heterocycles. The van der Waals surface area contributed by atoms with Gasteiger partial charge in [-0.3, -0.25) is 4.31 Å². The zero-order chi connectivity index (χ0) is 11.6. The van der Waals surface area contributed by atoms with E-state index in [1.54, 1.807) is 0 Å². The van der Waals surface area contributed by atoms with Gasteiger partial charge in [0.25, 0.3) is 0 Å². The van der Waals surface area contributed by atoms with Gasteiger partial charge >= 0.3 is 0 Å². The average molecular weight is 339 g/mol. The average Bonchev–Trinajstić information content (AvgIpc) is 2.07. The molecule has 5 heteroatoms. The third-order valence-corrected chi connectivity index (χ3v) is 4.04. The highest BCUT2D eigenvalue weighted by Gasteiger charge is 2.16. The minimum atomic E-state index is -3.17. The van der Waals surface area contributed by atoms with Crippen LogP contribution in [0.4, 0.5) is 5.69 Å². The van der Waals surface area contributed by atoms with Crippen LogP contribution in [0, 0.1) is 10.5 Å². The maximum absolute atomic E-state index is 11.5. The largest absolute Gasteiger partial charge is 0.270 e. The highest BCUT2D eigenvalue weighted by atomic mass is 127. The summed E-state index contributed by atoms with van der Waals surface area (Å²) < 4.78 is 25.6. The number of anilines is 1. The van der Waals surface area contributed by atoms with Gasteiger partial charge in [-0.05, 0) is 60.2 Å². The molecule has 0 aliphatic heterocycles. The Labute approximate surface area is 105 Å². The van der Waals surface area contributed by atoms with Crippen molar-refractivity contribution in [1.29, 1.82) is 0 Å². The molecule has 0 saturated carbocycles. The molecular formula is C10H14INO2S. The van der Waals surface area contributed by atoms with Gasteiger partial charge in [-0.25, -0.2) is 8.42 Å². The molecule has 3 nitrogen and oxygen atoms in total. The molecule has 1 rings (SSSR count). The second-order valence-electron chi connectivity index (χ2n) is 3.36. The van der Waals surface area contributed by atoms with Gasteiger partial charge in [0.1, 0.15) is 0 Å². The first-order valence-corrected chi connectivity index (χ1v) is 7.53. The number of aryl methyl sites for hydroxylation is 1. The molecule has 0 fully saturated rings. The van der Waals surface area contributed by atoms with E-state index in [0.717, 1.165) is 14.8 Å². The summed E-state index contributed by atoms with van der Waals surface area (Å²) in [5.41, 5.74) is 1.74. The van der Waals surface area contributed by atoms with Crippen molar-refractivity contribution in [3.8, 4) is 0 Å². The third-order valence-electron chi connectivity index (χ3n) is 2.12. The van der Waals surface area contributed by atoms with Gasteiger partial charge in [0.05, 0.1) is 11.9 Å². The van der Waals surface area contributed by atoms with E-state index in [1.165, 1.54) is 10.6 Å². The van der Waals surface area contributed by atoms with Crippen molar-refractivity contribution >= 4 is 38.3 Å². The van der Waals surface area contributed by atoms with Crippen LogP contribution in [0.15, 0.2) is 18.2 Å². The van der Waals surface area contributed by atoms with E-state index in [-0.39, 0.29) is 0 Å². The predicted molar refractivity (Wildman–Crippen MR) is 71.8 cm³/mol. The molecule has 84 valence electrons. The van der Waals surface area contributed by atoms with Gasteiger partial charge < -0.3 is 0 Å². The van der Waals surface area contributed by atoms with Gasteiger partial charge in [-0.15, -0.1) is 0 Å². The van der Waals surface area contributed by atoms with E-state index in [2.05, 4.69) is 22.6 Å². The minimum Gasteiger partial charge on any atom is -0.270 e. The minimum absolute atomic E-state index is 0.459. The van der Waals surface area contributed by atoms with Crippen LogP contribution >= 0.6 is 22.6 Å². The molecule has 0 radical (unpaired) electrons. The smallest absolute Gasteiger partial charge is 0.232 e. The van der Waals surface area contributed by atoms with Crippen LogP contribution in [-0.4, -0.2) is 21.2 Å². The highest BCUT2D eigenvalue weighted by molar-refractivity contribution is 14.1. The van der Waals surface area contributed by atoms with Crippen LogP contribution in [0.5, 0.6) is 0 Å². The Bertz CT molecular complexity index is 456. The summed E-state index contributed by atoms with van der Waals surface area (Å²) in [4.78, 5) is 0. The second-order valence-corrected chi connectivity index (χ2v) is 6.51. The topological polar surface area (TPSA) is 37.4 Å². The molecule has 0 saturated heterocycles. The molecule has 0 atom stereocenters. The molecule has 0 amide bonds. The van der Waals surface area contributed by atoms with Crippen molar-refractivity contribution < 1.29 is 8.42 Å². The van der Waals surface area contributed by atoms with E-state index < -0.39 is 10.0 Å². The van der Waals surface area contributed by atoms with Gasteiger partial charge in [0.15, 0.2) is 0 Å². The van der Waals surface area contributed by atoms with E-state index in [1.807, 2.05) is 32.0 Å². The molecule has 15 heavy (non-hydrogen) atoms. The normalized spacial score (nSPS) is 11.5. The SMILES string of the molecule is CCN(c1ccc(I)cc1C)S(C)(=O)=O. The van der Waals surface area contributed by atoms with E-state index >= 15 is 0 Å². The zero-order valence-corrected chi connectivity index (χ0v) is 12.0. The Balaban J connectivity index is 3.25. The van der Waals surface area contributed by atoms with Crippen LogP contribution in [0.2, 0.25) is 0 Å². The molecule has 0 aliphatic carbocycles. The van der Waals surface area contributed by atoms with Crippen LogP contribution < -0.4 is 4.31 Å². The van der Waals surface area contributed by atoms with Crippen molar-refractivity contribution in [1.82, 2.24) is 0 Å². The maximum Gasteiger partial charge on any atom is 0.232 e. The van der Waals surface area contributed by atoms with Crippen molar-refractivity contribution in [2.45, 2.75) is 13.8 Å². The van der Waals surface area contributed by atoms with E-state index in [4.69, 9.17) is 0 Å². The fraction of sp³-hybridized carbons (Fsp3) is 0.400.